The molecule has 2 aromatic heterocycles. The van der Waals surface area contributed by atoms with E-state index >= 15 is 0 Å². The molecule has 0 aliphatic carbocycles. The van der Waals surface area contributed by atoms with Crippen molar-refractivity contribution >= 4 is 5.82 Å². The highest BCUT2D eigenvalue weighted by molar-refractivity contribution is 5.72. The Morgan fingerprint density at radius 2 is 1.88 bits per heavy atom. The lowest BCUT2D eigenvalue weighted by Gasteiger charge is -2.32. The van der Waals surface area contributed by atoms with E-state index in [1.165, 1.54) is 6.20 Å². The van der Waals surface area contributed by atoms with Crippen LogP contribution in [0.1, 0.15) is 36.7 Å². The molecule has 12 heteroatoms. The van der Waals surface area contributed by atoms with Crippen molar-refractivity contribution in [2.75, 3.05) is 38.3 Å². The lowest BCUT2D eigenvalue weighted by Crippen LogP contribution is -2.34. The van der Waals surface area contributed by atoms with Crippen molar-refractivity contribution in [1.82, 2.24) is 30.6 Å². The Morgan fingerprint density at radius 1 is 1.12 bits per heavy atom. The summed E-state index contributed by atoms with van der Waals surface area (Å²) in [4.78, 5) is 11.2. The molecule has 3 aromatic rings. The van der Waals surface area contributed by atoms with Gasteiger partial charge in [-0.05, 0) is 43.5 Å². The molecule has 1 N–H and O–H groups in total. The number of anilines is 1. The van der Waals surface area contributed by atoms with Gasteiger partial charge < -0.3 is 14.4 Å². The van der Waals surface area contributed by atoms with Gasteiger partial charge in [-0.1, -0.05) is 5.21 Å². The van der Waals surface area contributed by atoms with Crippen LogP contribution in [0.2, 0.25) is 0 Å². The van der Waals surface area contributed by atoms with E-state index in [1.54, 1.807) is 7.11 Å². The molecule has 1 fully saturated rings. The minimum absolute atomic E-state index is 0.170. The summed E-state index contributed by atoms with van der Waals surface area (Å²) in [5, 5.41) is 14.3. The van der Waals surface area contributed by atoms with Crippen LogP contribution in [0.15, 0.2) is 30.5 Å². The van der Waals surface area contributed by atoms with Crippen LogP contribution in [0.3, 0.4) is 0 Å². The predicted octanol–water partition coefficient (Wildman–Crippen LogP) is 3.56. The topological polar surface area (TPSA) is 102 Å². The van der Waals surface area contributed by atoms with E-state index in [9.17, 15) is 13.2 Å². The van der Waals surface area contributed by atoms with Crippen molar-refractivity contribution in [3.05, 3.63) is 42.0 Å². The van der Waals surface area contributed by atoms with E-state index in [2.05, 4.69) is 35.5 Å². The van der Waals surface area contributed by atoms with E-state index in [4.69, 9.17) is 9.47 Å². The summed E-state index contributed by atoms with van der Waals surface area (Å²) in [5.41, 5.74) is 1.75. The Balaban J connectivity index is 1.55. The first kappa shape index (κ1) is 23.9. The maximum atomic E-state index is 12.8. The Bertz CT molecular complexity index is 1040. The minimum Gasteiger partial charge on any atom is -0.491 e. The number of nitrogens with one attached hydrogen (secondary N) is 1. The molecule has 1 aliphatic rings. The van der Waals surface area contributed by atoms with Crippen LogP contribution in [-0.2, 0) is 11.2 Å². The van der Waals surface area contributed by atoms with Gasteiger partial charge in [-0.3, -0.25) is 4.98 Å². The van der Waals surface area contributed by atoms with Crippen LogP contribution >= 0.6 is 0 Å². The normalized spacial score (nSPS) is 15.0. The third-order valence-electron chi connectivity index (χ3n) is 5.67. The fraction of sp³-hybridized carbons (Fsp3) is 0.500. The van der Waals surface area contributed by atoms with Crippen molar-refractivity contribution in [2.24, 2.45) is 0 Å². The third kappa shape index (κ3) is 6.19. The molecule has 9 nitrogen and oxygen atoms in total. The van der Waals surface area contributed by atoms with Crippen molar-refractivity contribution in [2.45, 2.75) is 37.8 Å². The second-order valence-electron chi connectivity index (χ2n) is 8.05. The molecule has 34 heavy (non-hydrogen) atoms. The average Bonchev–Trinajstić information content (AvgIpc) is 3.38. The second-order valence-corrected chi connectivity index (χ2v) is 8.05. The van der Waals surface area contributed by atoms with Crippen molar-refractivity contribution in [3.63, 3.8) is 0 Å². The average molecular weight is 477 g/mol. The maximum Gasteiger partial charge on any atom is 0.389 e. The monoisotopic (exact) mass is 477 g/mol. The van der Waals surface area contributed by atoms with E-state index in [-0.39, 0.29) is 12.3 Å². The summed E-state index contributed by atoms with van der Waals surface area (Å²) in [5.74, 6) is 2.12. The van der Waals surface area contributed by atoms with Crippen molar-refractivity contribution < 1.29 is 22.6 Å². The van der Waals surface area contributed by atoms with Crippen LogP contribution in [0.5, 0.6) is 5.75 Å². The van der Waals surface area contributed by atoms with Crippen LogP contribution in [0, 0.1) is 0 Å². The molecular formula is C22H26F3N7O2. The summed E-state index contributed by atoms with van der Waals surface area (Å²) in [6, 6.07) is 7.40. The van der Waals surface area contributed by atoms with Crippen LogP contribution in [-0.4, -0.2) is 70.2 Å². The van der Waals surface area contributed by atoms with Gasteiger partial charge in [-0.15, -0.1) is 10.2 Å². The number of nitrogens with zero attached hydrogens (tertiary/aromatic N) is 6. The van der Waals surface area contributed by atoms with Gasteiger partial charge in [0.1, 0.15) is 18.1 Å². The highest BCUT2D eigenvalue weighted by Gasteiger charge is 2.29. The first-order valence-corrected chi connectivity index (χ1v) is 11.1. The van der Waals surface area contributed by atoms with E-state index < -0.39 is 12.6 Å². The first-order chi connectivity index (χ1) is 16.4. The molecule has 1 aromatic carbocycles. The fourth-order valence-electron chi connectivity index (χ4n) is 3.87. The first-order valence-electron chi connectivity index (χ1n) is 11.1. The Morgan fingerprint density at radius 3 is 2.53 bits per heavy atom. The van der Waals surface area contributed by atoms with Gasteiger partial charge in [0.2, 0.25) is 0 Å². The Kier molecular flexibility index (Phi) is 7.56. The molecule has 4 rings (SSSR count). The standard InChI is InChI=1S/C22H26F3N7O2/c1-33-12-13-34-18-4-2-15(3-5-18)19-21(27-17(14-26-19)6-9-22(23,24)25)32-10-7-16(8-11-32)20-28-30-31-29-20/h2-5,14,16H,6-13H2,1H3,(H,28,29,30,31). The van der Waals surface area contributed by atoms with Crippen molar-refractivity contribution in [1.29, 1.82) is 0 Å². The number of H-pyrrole nitrogens is 1. The number of benzene rings is 1. The van der Waals surface area contributed by atoms with Crippen molar-refractivity contribution in [3.8, 4) is 17.0 Å². The zero-order valence-corrected chi connectivity index (χ0v) is 18.8. The molecule has 0 spiro atoms. The van der Waals surface area contributed by atoms with Crippen LogP contribution in [0.25, 0.3) is 11.3 Å². The number of aromatic amines is 1. The highest BCUT2D eigenvalue weighted by atomic mass is 19.4. The number of aryl methyl sites for hydroxylation is 1. The molecule has 0 radical (unpaired) electrons. The van der Waals surface area contributed by atoms with E-state index in [0.29, 0.717) is 55.1 Å². The van der Waals surface area contributed by atoms with Crippen LogP contribution < -0.4 is 9.64 Å². The lowest BCUT2D eigenvalue weighted by molar-refractivity contribution is -0.134. The number of hydrogen-bond donors (Lipinski definition) is 1. The highest BCUT2D eigenvalue weighted by Crippen LogP contribution is 2.34. The zero-order chi connectivity index (χ0) is 24.0. The van der Waals surface area contributed by atoms with E-state index in [1.807, 2.05) is 24.3 Å². The Hall–Kier alpha value is -3.28. The molecule has 0 saturated carbocycles. The van der Waals surface area contributed by atoms with Gasteiger partial charge in [-0.25, -0.2) is 4.98 Å². The SMILES string of the molecule is COCCOc1ccc(-c2ncc(CCC(F)(F)F)nc2N2CCC(c3nn[nH]n3)CC2)cc1. The molecule has 1 aliphatic heterocycles. The molecule has 0 bridgehead atoms. The van der Waals surface area contributed by atoms with Gasteiger partial charge in [0, 0.05) is 44.3 Å². The minimum atomic E-state index is -4.25. The van der Waals surface area contributed by atoms with Gasteiger partial charge >= 0.3 is 6.18 Å². The maximum absolute atomic E-state index is 12.8. The number of hydrogen-bond acceptors (Lipinski definition) is 8. The summed E-state index contributed by atoms with van der Waals surface area (Å²) >= 11 is 0. The van der Waals surface area contributed by atoms with Crippen LogP contribution in [0.4, 0.5) is 19.0 Å². The molecule has 1 saturated heterocycles. The molecule has 0 amide bonds. The number of rotatable bonds is 9. The quantitative estimate of drug-likeness (QED) is 0.467. The summed E-state index contributed by atoms with van der Waals surface area (Å²) in [7, 11) is 1.61. The largest absolute Gasteiger partial charge is 0.491 e. The van der Waals surface area contributed by atoms with E-state index in [0.717, 1.165) is 18.4 Å². The Labute approximate surface area is 194 Å². The van der Waals surface area contributed by atoms with Gasteiger partial charge in [-0.2, -0.15) is 18.4 Å². The summed E-state index contributed by atoms with van der Waals surface area (Å²) < 4.78 is 48.9. The number of aromatic nitrogens is 6. The summed E-state index contributed by atoms with van der Waals surface area (Å²) in [6.07, 6.45) is -2.41. The predicted molar refractivity (Wildman–Crippen MR) is 118 cm³/mol. The van der Waals surface area contributed by atoms with Gasteiger partial charge in [0.15, 0.2) is 11.6 Å². The smallest absolute Gasteiger partial charge is 0.389 e. The number of halogens is 3. The fourth-order valence-corrected chi connectivity index (χ4v) is 3.87. The van der Waals surface area contributed by atoms with Gasteiger partial charge in [0.25, 0.3) is 0 Å². The molecule has 0 atom stereocenters. The number of ether oxygens (including phenoxy) is 2. The molecule has 3 heterocycles. The molecular weight excluding hydrogens is 451 g/mol. The molecule has 182 valence electrons. The number of tetrazole rings is 1. The number of piperidine rings is 1. The summed E-state index contributed by atoms with van der Waals surface area (Å²) in [6.45, 7) is 2.23. The number of alkyl halides is 3. The van der Waals surface area contributed by atoms with Gasteiger partial charge in [0.05, 0.1) is 12.3 Å². The molecule has 0 unspecified atom stereocenters. The third-order valence-corrected chi connectivity index (χ3v) is 5.67. The number of methoxy groups -OCH3 is 1. The second kappa shape index (κ2) is 10.8. The lowest BCUT2D eigenvalue weighted by atomic mass is 9.96. The zero-order valence-electron chi connectivity index (χ0n) is 18.8.